The second kappa shape index (κ2) is 6.51. The minimum atomic E-state index is -0.377. The third kappa shape index (κ3) is 4.51. The Balaban J connectivity index is 1.76. The highest BCUT2D eigenvalue weighted by Crippen LogP contribution is 2.18. The highest BCUT2D eigenvalue weighted by Gasteiger charge is 2.26. The fourth-order valence-electron chi connectivity index (χ4n) is 1.56. The van der Waals surface area contributed by atoms with Crippen molar-refractivity contribution in [3.8, 4) is 0 Å². The molecule has 1 atom stereocenters. The molecule has 1 saturated carbocycles. The number of amides is 1. The Bertz CT molecular complexity index is 416. The number of carbonyl (C=O) groups is 1. The maximum Gasteiger partial charge on any atom is 0.316 e. The van der Waals surface area contributed by atoms with Crippen molar-refractivity contribution in [1.29, 1.82) is 0 Å². The van der Waals surface area contributed by atoms with Crippen LogP contribution in [0.4, 0.5) is 6.01 Å². The monoisotopic (exact) mass is 267 g/mol. The topological polar surface area (TPSA) is 92.1 Å². The highest BCUT2D eigenvalue weighted by atomic mass is 16.4. The summed E-state index contributed by atoms with van der Waals surface area (Å²) in [4.78, 5) is 11.7. The highest BCUT2D eigenvalue weighted by molar-refractivity contribution is 5.84. The maximum atomic E-state index is 11.7. The van der Waals surface area contributed by atoms with E-state index in [4.69, 9.17) is 4.42 Å². The second-order valence-corrected chi connectivity index (χ2v) is 4.83. The second-order valence-electron chi connectivity index (χ2n) is 4.83. The van der Waals surface area contributed by atoms with Crippen LogP contribution in [0.15, 0.2) is 4.42 Å². The van der Waals surface area contributed by atoms with E-state index in [1.807, 2.05) is 0 Å². The zero-order valence-electron chi connectivity index (χ0n) is 11.4. The summed E-state index contributed by atoms with van der Waals surface area (Å²) in [6.45, 7) is 5.32. The van der Waals surface area contributed by atoms with E-state index in [1.54, 1.807) is 6.92 Å². The van der Waals surface area contributed by atoms with Crippen LogP contribution in [0, 0.1) is 0 Å². The standard InChI is InChI=1S/C12H21N5O2/c1-3-6-13-7-10-16-17-12(19-10)14-8(2)11(18)15-9-4-5-9/h8-9,13H,3-7H2,1-2H3,(H,14,17)(H,15,18). The van der Waals surface area contributed by atoms with Crippen molar-refractivity contribution in [2.24, 2.45) is 0 Å². The number of carbonyl (C=O) groups excluding carboxylic acids is 1. The number of rotatable bonds is 8. The van der Waals surface area contributed by atoms with Gasteiger partial charge in [0.05, 0.1) is 6.54 Å². The molecule has 3 N–H and O–H groups in total. The summed E-state index contributed by atoms with van der Waals surface area (Å²) in [5.41, 5.74) is 0. The molecule has 1 unspecified atom stereocenters. The summed E-state index contributed by atoms with van der Waals surface area (Å²) in [6, 6.07) is 0.262. The molecule has 19 heavy (non-hydrogen) atoms. The summed E-state index contributed by atoms with van der Waals surface area (Å²) in [5, 5.41) is 16.8. The first-order valence-electron chi connectivity index (χ1n) is 6.79. The number of aromatic nitrogens is 2. The lowest BCUT2D eigenvalue weighted by atomic mass is 10.3. The molecule has 7 heteroatoms. The number of nitrogens with zero attached hydrogens (tertiary/aromatic N) is 2. The Morgan fingerprint density at radius 1 is 1.47 bits per heavy atom. The van der Waals surface area contributed by atoms with Gasteiger partial charge in [-0.15, -0.1) is 5.10 Å². The van der Waals surface area contributed by atoms with Crippen molar-refractivity contribution in [1.82, 2.24) is 20.8 Å². The zero-order valence-corrected chi connectivity index (χ0v) is 11.4. The first kappa shape index (κ1) is 13.8. The third-order valence-corrected chi connectivity index (χ3v) is 2.83. The fraction of sp³-hybridized carbons (Fsp3) is 0.750. The van der Waals surface area contributed by atoms with Crippen LogP contribution in [0.2, 0.25) is 0 Å². The lowest BCUT2D eigenvalue weighted by Crippen LogP contribution is -2.38. The first-order valence-corrected chi connectivity index (χ1v) is 6.79. The van der Waals surface area contributed by atoms with E-state index in [9.17, 15) is 4.79 Å². The predicted molar refractivity (Wildman–Crippen MR) is 70.5 cm³/mol. The van der Waals surface area contributed by atoms with Crippen molar-refractivity contribution < 1.29 is 9.21 Å². The molecule has 1 aromatic rings. The molecule has 0 aliphatic heterocycles. The molecule has 1 amide bonds. The minimum absolute atomic E-state index is 0.0358. The molecular weight excluding hydrogens is 246 g/mol. The van der Waals surface area contributed by atoms with Gasteiger partial charge in [-0.3, -0.25) is 4.79 Å². The lowest BCUT2D eigenvalue weighted by Gasteiger charge is -2.11. The first-order chi connectivity index (χ1) is 9.19. The number of nitrogens with one attached hydrogen (secondary N) is 3. The van der Waals surface area contributed by atoms with E-state index >= 15 is 0 Å². The van der Waals surface area contributed by atoms with Gasteiger partial charge < -0.3 is 20.4 Å². The van der Waals surface area contributed by atoms with Crippen LogP contribution in [0.3, 0.4) is 0 Å². The van der Waals surface area contributed by atoms with Crippen molar-refractivity contribution >= 4 is 11.9 Å². The molecule has 7 nitrogen and oxygen atoms in total. The van der Waals surface area contributed by atoms with Crippen molar-refractivity contribution in [2.45, 2.75) is 51.7 Å². The van der Waals surface area contributed by atoms with Gasteiger partial charge in [0.1, 0.15) is 6.04 Å². The zero-order chi connectivity index (χ0) is 13.7. The number of hydrogen-bond donors (Lipinski definition) is 3. The lowest BCUT2D eigenvalue weighted by molar-refractivity contribution is -0.121. The van der Waals surface area contributed by atoms with E-state index < -0.39 is 0 Å². The molecule has 0 radical (unpaired) electrons. The van der Waals surface area contributed by atoms with E-state index in [-0.39, 0.29) is 18.0 Å². The smallest absolute Gasteiger partial charge is 0.316 e. The molecule has 1 aliphatic carbocycles. The van der Waals surface area contributed by atoms with E-state index in [0.29, 0.717) is 18.5 Å². The normalized spacial score (nSPS) is 16.1. The minimum Gasteiger partial charge on any atom is -0.407 e. The number of anilines is 1. The fourth-order valence-corrected chi connectivity index (χ4v) is 1.56. The average Bonchev–Trinajstić information content (AvgIpc) is 3.09. The summed E-state index contributed by atoms with van der Waals surface area (Å²) in [5.74, 6) is 0.483. The van der Waals surface area contributed by atoms with Crippen LogP contribution in [0.5, 0.6) is 0 Å². The van der Waals surface area contributed by atoms with Gasteiger partial charge in [-0.2, -0.15) is 0 Å². The van der Waals surface area contributed by atoms with E-state index in [1.165, 1.54) is 0 Å². The van der Waals surface area contributed by atoms with E-state index in [0.717, 1.165) is 25.8 Å². The van der Waals surface area contributed by atoms with Crippen molar-refractivity contribution in [3.63, 3.8) is 0 Å². The van der Waals surface area contributed by atoms with Gasteiger partial charge in [0.2, 0.25) is 11.8 Å². The molecular formula is C12H21N5O2. The SMILES string of the molecule is CCCNCc1nnc(NC(C)C(=O)NC2CC2)o1. The van der Waals surface area contributed by atoms with Crippen LogP contribution in [-0.2, 0) is 11.3 Å². The molecule has 1 heterocycles. The van der Waals surface area contributed by atoms with Crippen LogP contribution in [0.1, 0.15) is 39.0 Å². The van der Waals surface area contributed by atoms with Gasteiger partial charge >= 0.3 is 6.01 Å². The molecule has 0 aromatic carbocycles. The summed E-state index contributed by atoms with van der Waals surface area (Å²) in [6.07, 6.45) is 3.20. The molecule has 1 aliphatic rings. The average molecular weight is 267 g/mol. The van der Waals surface area contributed by atoms with Crippen molar-refractivity contribution in [3.05, 3.63) is 5.89 Å². The van der Waals surface area contributed by atoms with Crippen LogP contribution >= 0.6 is 0 Å². The number of hydrogen-bond acceptors (Lipinski definition) is 6. The maximum absolute atomic E-state index is 11.7. The van der Waals surface area contributed by atoms with Gasteiger partial charge in [0.25, 0.3) is 0 Å². The Kier molecular flexibility index (Phi) is 4.73. The molecule has 106 valence electrons. The van der Waals surface area contributed by atoms with Crippen molar-refractivity contribution in [2.75, 3.05) is 11.9 Å². The predicted octanol–water partition coefficient (Wildman–Crippen LogP) is 0.648. The summed E-state index contributed by atoms with van der Waals surface area (Å²) in [7, 11) is 0. The van der Waals surface area contributed by atoms with Gasteiger partial charge in [0, 0.05) is 6.04 Å². The molecule has 1 aromatic heterocycles. The van der Waals surface area contributed by atoms with Gasteiger partial charge in [-0.1, -0.05) is 12.0 Å². The molecule has 1 fully saturated rings. The molecule has 0 spiro atoms. The Labute approximate surface area is 112 Å². The molecule has 0 saturated heterocycles. The summed E-state index contributed by atoms with van der Waals surface area (Å²) >= 11 is 0. The Morgan fingerprint density at radius 2 is 2.26 bits per heavy atom. The molecule has 2 rings (SSSR count). The van der Waals surface area contributed by atoms with Gasteiger partial charge in [-0.05, 0) is 32.7 Å². The van der Waals surface area contributed by atoms with Crippen LogP contribution in [-0.4, -0.2) is 34.7 Å². The quantitative estimate of drug-likeness (QED) is 0.599. The largest absolute Gasteiger partial charge is 0.407 e. The van der Waals surface area contributed by atoms with Gasteiger partial charge in [-0.25, -0.2) is 0 Å². The Hall–Kier alpha value is -1.63. The molecule has 0 bridgehead atoms. The van der Waals surface area contributed by atoms with Crippen LogP contribution < -0.4 is 16.0 Å². The Morgan fingerprint density at radius 3 is 2.95 bits per heavy atom. The van der Waals surface area contributed by atoms with Gasteiger partial charge in [0.15, 0.2) is 0 Å². The van der Waals surface area contributed by atoms with E-state index in [2.05, 4.69) is 33.1 Å². The third-order valence-electron chi connectivity index (χ3n) is 2.83. The summed E-state index contributed by atoms with van der Waals surface area (Å²) < 4.78 is 5.40. The van der Waals surface area contributed by atoms with Crippen LogP contribution in [0.25, 0.3) is 0 Å².